The van der Waals surface area contributed by atoms with Gasteiger partial charge in [0, 0.05) is 0 Å². The van der Waals surface area contributed by atoms with Crippen LogP contribution in [0.25, 0.3) is 0 Å². The highest BCUT2D eigenvalue weighted by molar-refractivity contribution is 5.59. The van der Waals surface area contributed by atoms with Crippen LogP contribution in [0.1, 0.15) is 0 Å². The van der Waals surface area contributed by atoms with Crippen molar-refractivity contribution in [1.29, 1.82) is 0 Å². The number of imidazole rings is 1. The Bertz CT molecular complexity index is 285. The summed E-state index contributed by atoms with van der Waals surface area (Å²) in [6.07, 6.45) is -0.341. The topological polar surface area (TPSA) is 95.2 Å². The average Bonchev–Trinajstić information content (AvgIpc) is 2.13. The fourth-order valence-electron chi connectivity index (χ4n) is 0.464. The molecule has 1 aromatic heterocycles. The number of nitrogens with one attached hydrogen (secondary N) is 2. The Morgan fingerprint density at radius 1 is 1.70 bits per heavy atom. The molecule has 0 spiro atoms. The number of hydrogen-bond acceptors (Lipinski definition) is 3. The van der Waals surface area contributed by atoms with Gasteiger partial charge in [-0.15, -0.1) is 0 Å². The van der Waals surface area contributed by atoms with Gasteiger partial charge in [0.2, 0.25) is 5.88 Å². The van der Waals surface area contributed by atoms with Crippen LogP contribution in [0.2, 0.25) is 0 Å². The summed E-state index contributed by atoms with van der Waals surface area (Å²) in [5.41, 5.74) is -0.503. The van der Waals surface area contributed by atoms with E-state index in [0.29, 0.717) is 0 Å². The molecule has 6 heteroatoms. The predicted molar refractivity (Wildman–Crippen MR) is 30.1 cm³/mol. The minimum atomic E-state index is -1.46. The van der Waals surface area contributed by atoms with Gasteiger partial charge >= 0.3 is 11.8 Å². The van der Waals surface area contributed by atoms with Crippen molar-refractivity contribution in [2.45, 2.75) is 0 Å². The molecule has 0 aliphatic rings. The van der Waals surface area contributed by atoms with Crippen LogP contribution >= 0.6 is 0 Å². The molecule has 1 aromatic rings. The van der Waals surface area contributed by atoms with Crippen LogP contribution in [0.4, 0.5) is 4.79 Å². The molecule has 0 fully saturated rings. The molecular formula is C4H4N2O4. The monoisotopic (exact) mass is 144 g/mol. The molecule has 0 aliphatic heterocycles. The van der Waals surface area contributed by atoms with Crippen LogP contribution in [0, 0.1) is 0 Å². The quantitative estimate of drug-likeness (QED) is 0.474. The lowest BCUT2D eigenvalue weighted by Crippen LogP contribution is -2.05. The van der Waals surface area contributed by atoms with Gasteiger partial charge in [-0.25, -0.2) is 9.59 Å². The molecule has 1 rings (SSSR count). The van der Waals surface area contributed by atoms with Crippen LogP contribution < -0.4 is 10.4 Å². The maximum Gasteiger partial charge on any atom is 0.512 e. The molecule has 10 heavy (non-hydrogen) atoms. The maximum atomic E-state index is 10.3. The second kappa shape index (κ2) is 2.26. The van der Waals surface area contributed by atoms with E-state index in [1.165, 1.54) is 0 Å². The summed E-state index contributed by atoms with van der Waals surface area (Å²) in [4.78, 5) is 24.4. The van der Waals surface area contributed by atoms with Crippen LogP contribution in [-0.2, 0) is 0 Å². The van der Waals surface area contributed by atoms with Crippen LogP contribution in [0.15, 0.2) is 11.0 Å². The molecule has 0 saturated carbocycles. The summed E-state index contributed by atoms with van der Waals surface area (Å²) < 4.78 is 4.06. The Morgan fingerprint density at radius 3 is 2.80 bits per heavy atom. The highest BCUT2D eigenvalue weighted by atomic mass is 16.7. The first kappa shape index (κ1) is 6.40. The Balaban J connectivity index is 2.76. The van der Waals surface area contributed by atoms with Crippen molar-refractivity contribution >= 4 is 6.16 Å². The first-order valence-electron chi connectivity index (χ1n) is 2.37. The molecule has 6 nitrogen and oxygen atoms in total. The standard InChI is InChI=1S/C4H4N2O4/c7-3-5-1-2(6-3)10-4(8)9/h1H,(H,8,9)(H2,5,6,7). The molecule has 0 radical (unpaired) electrons. The third-order valence-corrected chi connectivity index (χ3v) is 0.768. The molecule has 0 aromatic carbocycles. The molecule has 0 amide bonds. The lowest BCUT2D eigenvalue weighted by Gasteiger charge is -1.89. The van der Waals surface area contributed by atoms with E-state index in [-0.39, 0.29) is 5.88 Å². The number of H-pyrrole nitrogens is 2. The van der Waals surface area contributed by atoms with Gasteiger partial charge in [0.05, 0.1) is 6.20 Å². The van der Waals surface area contributed by atoms with Gasteiger partial charge < -0.3 is 14.8 Å². The van der Waals surface area contributed by atoms with E-state index in [4.69, 9.17) is 5.11 Å². The van der Waals surface area contributed by atoms with Gasteiger partial charge in [-0.1, -0.05) is 0 Å². The molecule has 0 saturated heterocycles. The number of aromatic amines is 2. The highest BCUT2D eigenvalue weighted by Crippen LogP contribution is 1.97. The Kier molecular flexibility index (Phi) is 1.44. The van der Waals surface area contributed by atoms with E-state index in [1.807, 2.05) is 0 Å². The minimum Gasteiger partial charge on any atom is -0.449 e. The summed E-state index contributed by atoms with van der Waals surface area (Å²) in [5, 5.41) is 8.02. The zero-order chi connectivity index (χ0) is 7.56. The number of rotatable bonds is 1. The average molecular weight is 144 g/mol. The van der Waals surface area contributed by atoms with Gasteiger partial charge in [0.15, 0.2) is 0 Å². The van der Waals surface area contributed by atoms with Crippen molar-refractivity contribution in [1.82, 2.24) is 9.97 Å². The van der Waals surface area contributed by atoms with Gasteiger partial charge in [0.1, 0.15) is 0 Å². The fourth-order valence-corrected chi connectivity index (χ4v) is 0.464. The van der Waals surface area contributed by atoms with Crippen molar-refractivity contribution in [3.8, 4) is 5.88 Å². The number of carboxylic acid groups (broad SMARTS) is 1. The number of carbonyl (C=O) groups is 1. The minimum absolute atomic E-state index is 0.113. The second-order valence-corrected chi connectivity index (χ2v) is 1.48. The maximum absolute atomic E-state index is 10.3. The van der Waals surface area contributed by atoms with Gasteiger partial charge in [-0.2, -0.15) is 0 Å². The second-order valence-electron chi connectivity index (χ2n) is 1.48. The SMILES string of the molecule is O=C(O)Oc1c[nH]c(=O)[nH]1. The molecule has 1 heterocycles. The third-order valence-electron chi connectivity index (χ3n) is 0.768. The normalized spacial score (nSPS) is 9.20. The van der Waals surface area contributed by atoms with E-state index < -0.39 is 11.8 Å². The van der Waals surface area contributed by atoms with Gasteiger partial charge in [-0.05, 0) is 0 Å². The summed E-state index contributed by atoms with van der Waals surface area (Å²) >= 11 is 0. The van der Waals surface area contributed by atoms with Crippen molar-refractivity contribution in [2.75, 3.05) is 0 Å². The van der Waals surface area contributed by atoms with Crippen LogP contribution in [-0.4, -0.2) is 21.2 Å². The predicted octanol–water partition coefficient (Wildman–Crippen LogP) is -0.240. The van der Waals surface area contributed by atoms with Crippen molar-refractivity contribution < 1.29 is 14.6 Å². The Morgan fingerprint density at radius 2 is 2.40 bits per heavy atom. The fraction of sp³-hybridized carbons (Fsp3) is 0. The summed E-state index contributed by atoms with van der Waals surface area (Å²) in [7, 11) is 0. The summed E-state index contributed by atoms with van der Waals surface area (Å²) in [6, 6.07) is 0. The number of ether oxygens (including phenoxy) is 1. The number of hydrogen-bond donors (Lipinski definition) is 3. The third kappa shape index (κ3) is 1.38. The van der Waals surface area contributed by atoms with Crippen molar-refractivity contribution in [3.63, 3.8) is 0 Å². The molecule has 0 aliphatic carbocycles. The first-order valence-corrected chi connectivity index (χ1v) is 2.37. The van der Waals surface area contributed by atoms with E-state index in [0.717, 1.165) is 6.20 Å². The van der Waals surface area contributed by atoms with Crippen molar-refractivity contribution in [2.24, 2.45) is 0 Å². The van der Waals surface area contributed by atoms with Gasteiger partial charge in [0.25, 0.3) is 0 Å². The zero-order valence-electron chi connectivity index (χ0n) is 4.75. The molecule has 0 unspecified atom stereocenters. The van der Waals surface area contributed by atoms with E-state index in [9.17, 15) is 9.59 Å². The molecule has 0 bridgehead atoms. The van der Waals surface area contributed by atoms with Crippen LogP contribution in [0.5, 0.6) is 5.88 Å². The van der Waals surface area contributed by atoms with E-state index in [2.05, 4.69) is 14.7 Å². The van der Waals surface area contributed by atoms with Crippen LogP contribution in [0.3, 0.4) is 0 Å². The summed E-state index contributed by atoms with van der Waals surface area (Å²) in [6.45, 7) is 0. The smallest absolute Gasteiger partial charge is 0.449 e. The lowest BCUT2D eigenvalue weighted by atomic mass is 10.8. The Labute approximate surface area is 54.5 Å². The largest absolute Gasteiger partial charge is 0.512 e. The molecule has 3 N–H and O–H groups in total. The first-order chi connectivity index (χ1) is 4.68. The van der Waals surface area contributed by atoms with Gasteiger partial charge in [-0.3, -0.25) is 4.98 Å². The highest BCUT2D eigenvalue weighted by Gasteiger charge is 2.00. The van der Waals surface area contributed by atoms with Crippen molar-refractivity contribution in [3.05, 3.63) is 16.7 Å². The molecule has 54 valence electrons. The zero-order valence-corrected chi connectivity index (χ0v) is 4.75. The lowest BCUT2D eigenvalue weighted by molar-refractivity contribution is 0.142. The number of aromatic nitrogens is 2. The van der Waals surface area contributed by atoms with E-state index in [1.54, 1.807) is 0 Å². The molecular weight excluding hydrogens is 140 g/mol. The molecule has 0 atom stereocenters. The Hall–Kier alpha value is -1.72. The van der Waals surface area contributed by atoms with E-state index >= 15 is 0 Å². The summed E-state index contributed by atoms with van der Waals surface area (Å²) in [5.74, 6) is -0.113.